The molecule has 0 atom stereocenters. The van der Waals surface area contributed by atoms with E-state index < -0.39 is 0 Å². The van der Waals surface area contributed by atoms with Crippen LogP contribution in [0, 0.1) is 10.6 Å². The summed E-state index contributed by atoms with van der Waals surface area (Å²) in [6, 6.07) is 4.13. The van der Waals surface area contributed by atoms with Gasteiger partial charge in [0.15, 0.2) is 0 Å². The Morgan fingerprint density at radius 3 is 3.09 bits per heavy atom. The molecule has 0 spiro atoms. The van der Waals surface area contributed by atoms with Gasteiger partial charge in [-0.3, -0.25) is 0 Å². The average molecular weight is 258 g/mol. The summed E-state index contributed by atoms with van der Waals surface area (Å²) in [6.07, 6.45) is 1.82. The third kappa shape index (κ3) is 1.13. The smallest absolute Gasteiger partial charge is 0.138 e. The van der Waals surface area contributed by atoms with Crippen LogP contribution >= 0.6 is 22.6 Å². The van der Waals surface area contributed by atoms with E-state index in [1.807, 2.05) is 12.3 Å². The molecule has 2 nitrogen and oxygen atoms in total. The number of pyridine rings is 1. The number of aromatic nitrogens is 2. The molecule has 0 aliphatic rings. The first-order valence-corrected chi connectivity index (χ1v) is 4.45. The van der Waals surface area contributed by atoms with Gasteiger partial charge in [0.05, 0.1) is 3.70 Å². The van der Waals surface area contributed by atoms with Crippen molar-refractivity contribution >= 4 is 33.6 Å². The Bertz CT molecular complexity index is 392. The molecule has 0 saturated heterocycles. The first-order valence-electron chi connectivity index (χ1n) is 3.37. The first kappa shape index (κ1) is 7.09. The molecule has 0 unspecified atom stereocenters. The maximum Gasteiger partial charge on any atom is 0.138 e. The molecule has 2 aromatic rings. The van der Waals surface area contributed by atoms with E-state index in [-0.39, 0.29) is 0 Å². The molecule has 0 aliphatic carbocycles. The van der Waals surface area contributed by atoms with E-state index in [0.29, 0.717) is 0 Å². The van der Waals surface area contributed by atoms with Crippen LogP contribution in [0.1, 0.15) is 5.56 Å². The number of aromatic amines is 1. The number of nitrogens with zero attached hydrogens (tertiary/aromatic N) is 1. The summed E-state index contributed by atoms with van der Waals surface area (Å²) in [7, 11) is 0. The zero-order valence-electron chi connectivity index (χ0n) is 6.06. The normalized spacial score (nSPS) is 10.7. The summed E-state index contributed by atoms with van der Waals surface area (Å²) in [5.74, 6) is 0. The van der Waals surface area contributed by atoms with Crippen LogP contribution in [0.3, 0.4) is 0 Å². The van der Waals surface area contributed by atoms with Crippen LogP contribution in [-0.4, -0.2) is 9.97 Å². The minimum absolute atomic E-state index is 0.981. The molecular weight excluding hydrogens is 251 g/mol. The van der Waals surface area contributed by atoms with Crippen LogP contribution < -0.4 is 0 Å². The largest absolute Gasteiger partial charge is 0.335 e. The van der Waals surface area contributed by atoms with E-state index in [2.05, 4.69) is 45.5 Å². The van der Waals surface area contributed by atoms with Crippen molar-refractivity contribution < 1.29 is 0 Å². The van der Waals surface area contributed by atoms with E-state index in [9.17, 15) is 0 Å². The highest BCUT2D eigenvalue weighted by Gasteiger charge is 1.99. The van der Waals surface area contributed by atoms with Gasteiger partial charge >= 0.3 is 0 Å². The Kier molecular flexibility index (Phi) is 1.60. The minimum Gasteiger partial charge on any atom is -0.335 e. The summed E-state index contributed by atoms with van der Waals surface area (Å²) >= 11 is 2.25. The maximum absolute atomic E-state index is 4.20. The fourth-order valence-electron chi connectivity index (χ4n) is 1.13. The summed E-state index contributed by atoms with van der Waals surface area (Å²) in [4.78, 5) is 7.38. The van der Waals surface area contributed by atoms with Gasteiger partial charge in [0.1, 0.15) is 5.65 Å². The fraction of sp³-hybridized carbons (Fsp3) is 0.125. The lowest BCUT2D eigenvalue weighted by Gasteiger charge is -1.91. The van der Waals surface area contributed by atoms with Crippen LogP contribution in [0.2, 0.25) is 0 Å². The quantitative estimate of drug-likeness (QED) is 0.722. The van der Waals surface area contributed by atoms with Crippen LogP contribution in [0.15, 0.2) is 18.3 Å². The number of hydrogen-bond acceptors (Lipinski definition) is 1. The highest BCUT2D eigenvalue weighted by molar-refractivity contribution is 14.1. The van der Waals surface area contributed by atoms with E-state index in [1.54, 1.807) is 0 Å². The zero-order valence-corrected chi connectivity index (χ0v) is 8.21. The molecule has 0 saturated carbocycles. The third-order valence-corrected chi connectivity index (χ3v) is 2.30. The highest BCUT2D eigenvalue weighted by atomic mass is 127. The molecule has 3 heteroatoms. The summed E-state index contributed by atoms with van der Waals surface area (Å²) < 4.78 is 1.14. The first-order chi connectivity index (χ1) is 5.27. The molecule has 56 valence electrons. The standard InChI is InChI=1S/C8H7IN2/c1-5-2-3-10-8-6(5)4-7(9)11-8/h2-4H,1H3,(H,10,11). The number of fused-ring (bicyclic) bond motifs is 1. The molecule has 11 heavy (non-hydrogen) atoms. The van der Waals surface area contributed by atoms with Crippen molar-refractivity contribution in [2.24, 2.45) is 0 Å². The van der Waals surface area contributed by atoms with Crippen LogP contribution in [0.5, 0.6) is 0 Å². The lowest BCUT2D eigenvalue weighted by Crippen LogP contribution is -1.77. The predicted octanol–water partition coefficient (Wildman–Crippen LogP) is 2.48. The molecule has 0 bridgehead atoms. The summed E-state index contributed by atoms with van der Waals surface area (Å²) in [5.41, 5.74) is 2.25. The van der Waals surface area contributed by atoms with Crippen molar-refractivity contribution in [1.29, 1.82) is 0 Å². The number of nitrogens with one attached hydrogen (secondary N) is 1. The van der Waals surface area contributed by atoms with Gasteiger partial charge in [0, 0.05) is 11.6 Å². The molecule has 1 N–H and O–H groups in total. The van der Waals surface area contributed by atoms with Crippen molar-refractivity contribution in [2.75, 3.05) is 0 Å². The second-order valence-corrected chi connectivity index (χ2v) is 3.67. The van der Waals surface area contributed by atoms with Crippen molar-refractivity contribution in [3.05, 3.63) is 27.6 Å². The van der Waals surface area contributed by atoms with Gasteiger partial charge in [-0.25, -0.2) is 4.98 Å². The highest BCUT2D eigenvalue weighted by Crippen LogP contribution is 2.17. The number of hydrogen-bond donors (Lipinski definition) is 1. The topological polar surface area (TPSA) is 28.7 Å². The molecule has 0 aliphatic heterocycles. The Labute approximate surface area is 78.2 Å². The lowest BCUT2D eigenvalue weighted by molar-refractivity contribution is 1.29. The molecular formula is C8H7IN2. The molecule has 0 aromatic carbocycles. The van der Waals surface area contributed by atoms with Crippen molar-refractivity contribution in [3.63, 3.8) is 0 Å². The van der Waals surface area contributed by atoms with E-state index >= 15 is 0 Å². The van der Waals surface area contributed by atoms with Crippen LogP contribution in [-0.2, 0) is 0 Å². The number of halogens is 1. The Morgan fingerprint density at radius 1 is 1.55 bits per heavy atom. The fourth-order valence-corrected chi connectivity index (χ4v) is 1.69. The second-order valence-electron chi connectivity index (χ2n) is 2.51. The van der Waals surface area contributed by atoms with Crippen LogP contribution in [0.4, 0.5) is 0 Å². The van der Waals surface area contributed by atoms with Gasteiger partial charge in [-0.2, -0.15) is 0 Å². The number of H-pyrrole nitrogens is 1. The Hall–Kier alpha value is -0.580. The molecule has 0 fully saturated rings. The zero-order chi connectivity index (χ0) is 7.84. The van der Waals surface area contributed by atoms with Gasteiger partial charge in [-0.15, -0.1) is 0 Å². The van der Waals surface area contributed by atoms with Gasteiger partial charge in [-0.1, -0.05) is 0 Å². The second kappa shape index (κ2) is 2.48. The monoisotopic (exact) mass is 258 g/mol. The number of rotatable bonds is 0. The lowest BCUT2D eigenvalue weighted by atomic mass is 10.2. The van der Waals surface area contributed by atoms with Gasteiger partial charge < -0.3 is 4.98 Å². The maximum atomic E-state index is 4.20. The summed E-state index contributed by atoms with van der Waals surface area (Å²) in [6.45, 7) is 2.09. The van der Waals surface area contributed by atoms with Crippen molar-refractivity contribution in [2.45, 2.75) is 6.92 Å². The van der Waals surface area contributed by atoms with E-state index in [0.717, 1.165) is 9.35 Å². The van der Waals surface area contributed by atoms with Gasteiger partial charge in [0.2, 0.25) is 0 Å². The summed E-state index contributed by atoms with van der Waals surface area (Å²) in [5, 5.41) is 1.22. The SMILES string of the molecule is Cc1ccnc2[nH]c(I)cc12. The van der Waals surface area contributed by atoms with Crippen LogP contribution in [0.25, 0.3) is 11.0 Å². The molecule has 2 rings (SSSR count). The van der Waals surface area contributed by atoms with E-state index in [4.69, 9.17) is 0 Å². The van der Waals surface area contributed by atoms with Gasteiger partial charge in [0.25, 0.3) is 0 Å². The molecule has 0 radical (unpaired) electrons. The minimum atomic E-state index is 0.981. The van der Waals surface area contributed by atoms with E-state index in [1.165, 1.54) is 10.9 Å². The molecule has 0 amide bonds. The van der Waals surface area contributed by atoms with Gasteiger partial charge in [-0.05, 0) is 47.2 Å². The average Bonchev–Trinajstić information content (AvgIpc) is 2.31. The van der Waals surface area contributed by atoms with Crippen molar-refractivity contribution in [1.82, 2.24) is 9.97 Å². The molecule has 2 heterocycles. The number of aryl methyl sites for hydroxylation is 1. The molecule has 2 aromatic heterocycles. The van der Waals surface area contributed by atoms with Crippen molar-refractivity contribution in [3.8, 4) is 0 Å². The predicted molar refractivity (Wildman–Crippen MR) is 53.5 cm³/mol. The Balaban J connectivity index is 2.90. The Morgan fingerprint density at radius 2 is 2.36 bits per heavy atom. The third-order valence-electron chi connectivity index (χ3n) is 1.72.